The van der Waals surface area contributed by atoms with Crippen LogP contribution in [0, 0.1) is 5.92 Å². The summed E-state index contributed by atoms with van der Waals surface area (Å²) in [4.78, 5) is 0. The highest BCUT2D eigenvalue weighted by atomic mass is 31.2. The molecule has 0 aromatic heterocycles. The molecule has 0 spiro atoms. The van der Waals surface area contributed by atoms with Gasteiger partial charge in [0, 0.05) is 6.16 Å². The minimum atomic E-state index is -1.93. The van der Waals surface area contributed by atoms with E-state index in [1.54, 1.807) is 0 Å². The van der Waals surface area contributed by atoms with Crippen molar-refractivity contribution in [2.75, 3.05) is 19.4 Å². The topological polar surface area (TPSA) is 29.6 Å². The van der Waals surface area contributed by atoms with Crippen LogP contribution in [0.3, 0.4) is 0 Å². The van der Waals surface area contributed by atoms with Gasteiger partial charge >= 0.3 is 0 Å². The summed E-state index contributed by atoms with van der Waals surface area (Å²) >= 11 is 0. The molecule has 1 fully saturated rings. The van der Waals surface area contributed by atoms with Crippen LogP contribution in [0.5, 0.6) is 0 Å². The van der Waals surface area contributed by atoms with Gasteiger partial charge < -0.3 is 9.30 Å². The first-order chi connectivity index (χ1) is 4.52. The van der Waals surface area contributed by atoms with Crippen molar-refractivity contribution in [1.29, 1.82) is 0 Å². The Kier molecular flexibility index (Phi) is 2.21. The zero-order valence-corrected chi connectivity index (χ0v) is 7.73. The first kappa shape index (κ1) is 8.29. The molecule has 0 aromatic rings. The monoisotopic (exact) mass is 162 g/mol. The first-order valence-electron chi connectivity index (χ1n) is 3.70. The van der Waals surface area contributed by atoms with E-state index < -0.39 is 7.14 Å². The van der Waals surface area contributed by atoms with Crippen LogP contribution >= 0.6 is 7.14 Å². The van der Waals surface area contributed by atoms with E-state index in [2.05, 4.69) is 13.8 Å². The van der Waals surface area contributed by atoms with E-state index in [1.165, 1.54) is 0 Å². The lowest BCUT2D eigenvalue weighted by molar-refractivity contribution is 0.444. The first-order valence-corrected chi connectivity index (χ1v) is 6.11. The summed E-state index contributed by atoms with van der Waals surface area (Å²) < 4.78 is 16.7. The van der Waals surface area contributed by atoms with Gasteiger partial charge in [0.2, 0.25) is 0 Å². The normalized spacial score (nSPS) is 30.2. The van der Waals surface area contributed by atoms with Crippen LogP contribution in [0.2, 0.25) is 0 Å². The molecule has 0 saturated carbocycles. The Morgan fingerprint density at radius 1 is 1.70 bits per heavy atom. The van der Waals surface area contributed by atoms with E-state index in [0.717, 1.165) is 12.8 Å². The molecule has 3 heteroatoms. The van der Waals surface area contributed by atoms with Crippen molar-refractivity contribution in [3.8, 4) is 0 Å². The number of hydrogen-bond acceptors (Lipinski definition) is 2. The Balaban J connectivity index is 2.42. The van der Waals surface area contributed by atoms with Gasteiger partial charge in [-0.1, -0.05) is 13.8 Å². The molecule has 0 amide bonds. The predicted octanol–water partition coefficient (Wildman–Crippen LogP) is 1.99. The Labute approximate surface area is 62.3 Å². The van der Waals surface area contributed by atoms with E-state index in [4.69, 9.17) is 4.74 Å². The van der Waals surface area contributed by atoms with Crippen molar-refractivity contribution in [3.63, 3.8) is 0 Å². The molecule has 1 rings (SSSR count). The lowest BCUT2D eigenvalue weighted by atomic mass is 10.3. The average Bonchev–Trinajstić information content (AvgIpc) is 2.35. The van der Waals surface area contributed by atoms with Crippen LogP contribution in [0.25, 0.3) is 0 Å². The summed E-state index contributed by atoms with van der Waals surface area (Å²) in [7, 11) is -1.93. The van der Waals surface area contributed by atoms with Gasteiger partial charge in [0.1, 0.15) is 13.0 Å². The van der Waals surface area contributed by atoms with Crippen LogP contribution in [0.15, 0.2) is 0 Å². The van der Waals surface area contributed by atoms with Crippen LogP contribution in [0.1, 0.15) is 13.8 Å². The maximum atomic E-state index is 11.7. The van der Waals surface area contributed by atoms with Crippen molar-refractivity contribution in [2.45, 2.75) is 19.7 Å². The molecule has 0 bridgehead atoms. The summed E-state index contributed by atoms with van der Waals surface area (Å²) in [6.45, 7) is 6.77. The zero-order chi connectivity index (χ0) is 7.78. The predicted molar refractivity (Wildman–Crippen MR) is 43.0 cm³/mol. The maximum absolute atomic E-state index is 11.7. The minimum absolute atomic E-state index is 0.106. The van der Waals surface area contributed by atoms with E-state index >= 15 is 0 Å². The van der Waals surface area contributed by atoms with E-state index in [-0.39, 0.29) is 5.85 Å². The number of epoxide rings is 1. The molecule has 0 aliphatic carbocycles. The molecular formula is C7H15O2P. The second kappa shape index (κ2) is 2.67. The summed E-state index contributed by atoms with van der Waals surface area (Å²) in [5.74, 6) is 0.634. The van der Waals surface area contributed by atoms with E-state index in [1.807, 2.05) is 6.66 Å². The van der Waals surface area contributed by atoms with Gasteiger partial charge in [-0.15, -0.1) is 0 Å². The number of rotatable bonds is 3. The largest absolute Gasteiger partial charge is 0.365 e. The third-order valence-corrected chi connectivity index (χ3v) is 4.62. The summed E-state index contributed by atoms with van der Waals surface area (Å²) in [5.41, 5.74) is 0. The van der Waals surface area contributed by atoms with E-state index in [0.29, 0.717) is 5.92 Å². The summed E-state index contributed by atoms with van der Waals surface area (Å²) in [6.07, 6.45) is 0.831. The molecule has 2 unspecified atom stereocenters. The maximum Gasteiger partial charge on any atom is 0.133 e. The van der Waals surface area contributed by atoms with Gasteiger partial charge in [-0.3, -0.25) is 0 Å². The molecular weight excluding hydrogens is 147 g/mol. The van der Waals surface area contributed by atoms with Crippen LogP contribution < -0.4 is 0 Å². The zero-order valence-electron chi connectivity index (χ0n) is 6.83. The lowest BCUT2D eigenvalue weighted by Crippen LogP contribution is -2.01. The van der Waals surface area contributed by atoms with Crippen molar-refractivity contribution < 1.29 is 9.30 Å². The molecule has 0 N–H and O–H groups in total. The highest BCUT2D eigenvalue weighted by Gasteiger charge is 2.38. The SMILES string of the molecule is CC(C)CP(C)(=O)C1CO1. The van der Waals surface area contributed by atoms with Crippen molar-refractivity contribution in [1.82, 2.24) is 0 Å². The van der Waals surface area contributed by atoms with Crippen molar-refractivity contribution >= 4 is 7.14 Å². The molecule has 1 heterocycles. The Bertz CT molecular complexity index is 161. The summed E-state index contributed by atoms with van der Waals surface area (Å²) in [6, 6.07) is 0. The van der Waals surface area contributed by atoms with Gasteiger partial charge in [-0.25, -0.2) is 0 Å². The Morgan fingerprint density at radius 2 is 2.20 bits per heavy atom. The fourth-order valence-corrected chi connectivity index (χ4v) is 3.60. The van der Waals surface area contributed by atoms with Gasteiger partial charge in [0.25, 0.3) is 0 Å². The molecule has 2 nitrogen and oxygen atoms in total. The Morgan fingerprint density at radius 3 is 2.50 bits per heavy atom. The minimum Gasteiger partial charge on any atom is -0.365 e. The lowest BCUT2D eigenvalue weighted by Gasteiger charge is -2.11. The van der Waals surface area contributed by atoms with Gasteiger partial charge in [-0.2, -0.15) is 0 Å². The quantitative estimate of drug-likeness (QED) is 0.469. The molecule has 1 aliphatic heterocycles. The number of hydrogen-bond donors (Lipinski definition) is 0. The second-order valence-corrected chi connectivity index (χ2v) is 6.83. The third kappa shape index (κ3) is 2.10. The Hall–Kier alpha value is 0.190. The molecule has 1 aliphatic rings. The second-order valence-electron chi connectivity index (χ2n) is 3.54. The molecule has 1 saturated heterocycles. The third-order valence-electron chi connectivity index (χ3n) is 1.65. The van der Waals surface area contributed by atoms with Gasteiger partial charge in [0.05, 0.1) is 6.61 Å². The molecule has 0 radical (unpaired) electrons. The standard InChI is InChI=1S/C7H15O2P/c1-6(2)5-10(3,8)7-4-9-7/h6-7H,4-5H2,1-3H3. The van der Waals surface area contributed by atoms with Crippen molar-refractivity contribution in [2.24, 2.45) is 5.92 Å². The average molecular weight is 162 g/mol. The molecule has 60 valence electrons. The summed E-state index contributed by atoms with van der Waals surface area (Å²) in [5, 5.41) is 0. The molecule has 2 atom stereocenters. The van der Waals surface area contributed by atoms with Gasteiger partial charge in [-0.05, 0) is 12.6 Å². The van der Waals surface area contributed by atoms with Crippen LogP contribution in [-0.2, 0) is 9.30 Å². The smallest absolute Gasteiger partial charge is 0.133 e. The van der Waals surface area contributed by atoms with Crippen molar-refractivity contribution in [3.05, 3.63) is 0 Å². The van der Waals surface area contributed by atoms with Gasteiger partial charge in [0.15, 0.2) is 0 Å². The van der Waals surface area contributed by atoms with Crippen LogP contribution in [0.4, 0.5) is 0 Å². The van der Waals surface area contributed by atoms with E-state index in [9.17, 15) is 4.57 Å². The fraction of sp³-hybridized carbons (Fsp3) is 1.00. The van der Waals surface area contributed by atoms with Crippen LogP contribution in [-0.4, -0.2) is 25.3 Å². The highest BCUT2D eigenvalue weighted by molar-refractivity contribution is 7.64. The fourth-order valence-electron chi connectivity index (χ4n) is 1.20. The molecule has 0 aromatic carbocycles. The highest BCUT2D eigenvalue weighted by Crippen LogP contribution is 2.54. The number of ether oxygens (including phenoxy) is 1. The molecule has 10 heavy (non-hydrogen) atoms.